The van der Waals surface area contributed by atoms with E-state index in [0.717, 1.165) is 0 Å². The van der Waals surface area contributed by atoms with Crippen molar-refractivity contribution in [3.63, 3.8) is 0 Å². The molecule has 8 heteroatoms. The van der Waals surface area contributed by atoms with Crippen LogP contribution in [0.15, 0.2) is 0 Å². The van der Waals surface area contributed by atoms with Gasteiger partial charge in [-0.15, -0.1) is 0 Å². The van der Waals surface area contributed by atoms with Crippen molar-refractivity contribution >= 4 is 16.6 Å². The van der Waals surface area contributed by atoms with Gasteiger partial charge in [-0.3, -0.25) is 8.42 Å². The van der Waals surface area contributed by atoms with Gasteiger partial charge < -0.3 is 24.1 Å². The lowest BCUT2D eigenvalue weighted by Gasteiger charge is -2.06. The molecule has 0 atom stereocenters. The minimum atomic E-state index is -5.17. The van der Waals surface area contributed by atoms with Crippen molar-refractivity contribution in [2.45, 2.75) is 0 Å². The molecule has 9 heavy (non-hydrogen) atoms. The molecular formula is CO7S-4. The van der Waals surface area contributed by atoms with E-state index in [1.807, 2.05) is 0 Å². The fraction of sp³-hybridized carbons (Fsp3) is 0. The molecule has 0 unspecified atom stereocenters. The summed E-state index contributed by atoms with van der Waals surface area (Å²) in [5, 5.41) is 16.7. The van der Waals surface area contributed by atoms with Crippen molar-refractivity contribution in [1.29, 1.82) is 0 Å². The minimum Gasteiger partial charge on any atom is -0.759 e. The molecule has 0 aromatic carbocycles. The lowest BCUT2D eigenvalue weighted by molar-refractivity contribution is -0.415. The normalized spacial score (nSPS) is 9.11. The van der Waals surface area contributed by atoms with Crippen LogP contribution < -0.4 is 10.2 Å². The maximum Gasteiger partial charge on any atom is 0.0311 e. The van der Waals surface area contributed by atoms with Gasteiger partial charge in [0, 0.05) is 10.4 Å². The summed E-state index contributed by atoms with van der Waals surface area (Å²) < 4.78 is 34.1. The maximum atomic E-state index is 8.52. The van der Waals surface area contributed by atoms with Gasteiger partial charge >= 0.3 is 0 Å². The van der Waals surface area contributed by atoms with Crippen molar-refractivity contribution in [3.05, 3.63) is 0 Å². The van der Waals surface area contributed by atoms with Crippen molar-refractivity contribution in [3.8, 4) is 0 Å². The average molecular weight is 156 g/mol. The molecule has 0 bridgehead atoms. The van der Waals surface area contributed by atoms with Crippen molar-refractivity contribution in [2.24, 2.45) is 0 Å². The highest BCUT2D eigenvalue weighted by molar-refractivity contribution is 7.79. The zero-order valence-electron chi connectivity index (χ0n) is 3.77. The fourth-order valence-electron chi connectivity index (χ4n) is 0. The molecule has 0 aliphatic carbocycles. The van der Waals surface area contributed by atoms with Crippen LogP contribution in [0.25, 0.3) is 0 Å². The van der Waals surface area contributed by atoms with Gasteiger partial charge in [0.1, 0.15) is 0 Å². The highest BCUT2D eigenvalue weighted by atomic mass is 32.3. The van der Waals surface area contributed by atoms with E-state index >= 15 is 0 Å². The summed E-state index contributed by atoms with van der Waals surface area (Å²) in [6, 6.07) is 0. The first-order chi connectivity index (χ1) is 3.73. The van der Waals surface area contributed by atoms with E-state index in [-0.39, 0.29) is 0 Å². The van der Waals surface area contributed by atoms with Gasteiger partial charge in [0.2, 0.25) is 0 Å². The summed E-state index contributed by atoms with van der Waals surface area (Å²) in [4.78, 5) is 8.33. The Kier molecular flexibility index (Phi) is 4.97. The van der Waals surface area contributed by atoms with Crippen LogP contribution in [0, 0.1) is 0 Å². The fourth-order valence-corrected chi connectivity index (χ4v) is 0. The van der Waals surface area contributed by atoms with Crippen LogP contribution in [0.5, 0.6) is 0 Å². The summed E-state index contributed by atoms with van der Waals surface area (Å²) in [6.07, 6.45) is -2.33. The Labute approximate surface area is 50.1 Å². The quantitative estimate of drug-likeness (QED) is 0.258. The highest BCUT2D eigenvalue weighted by Crippen LogP contribution is 1.57. The summed E-state index contributed by atoms with van der Waals surface area (Å²) >= 11 is 0. The van der Waals surface area contributed by atoms with E-state index < -0.39 is 16.6 Å². The standard InChI is InChI=1S/CH2O3.H2O4S/c2-1(3)4;1-5(2,3)4/h(H2,2,3,4);(H2,1,2,3,4)/p-4. The minimum absolute atomic E-state index is 2.33. The van der Waals surface area contributed by atoms with Crippen molar-refractivity contribution in [1.82, 2.24) is 0 Å². The van der Waals surface area contributed by atoms with Crippen LogP contribution in [0.3, 0.4) is 0 Å². The Morgan fingerprint density at radius 2 is 1.11 bits per heavy atom. The Morgan fingerprint density at radius 3 is 1.11 bits per heavy atom. The lowest BCUT2D eigenvalue weighted by atomic mass is 11.5. The molecule has 0 amide bonds. The molecule has 0 saturated heterocycles. The second-order valence-electron chi connectivity index (χ2n) is 0.658. The molecule has 0 saturated carbocycles. The molecule has 0 radical (unpaired) electrons. The third-order valence-corrected chi connectivity index (χ3v) is 0. The third kappa shape index (κ3) is 255. The molecule has 0 N–H and O–H groups in total. The van der Waals surface area contributed by atoms with Gasteiger partial charge in [0.25, 0.3) is 0 Å². The SMILES string of the molecule is O=C([O-])[O-].O=S(=O)([O-])[O-]. The zero-order valence-corrected chi connectivity index (χ0v) is 4.58. The molecule has 56 valence electrons. The maximum absolute atomic E-state index is 8.52. The first-order valence-electron chi connectivity index (χ1n) is 1.28. The molecule has 0 heterocycles. The molecule has 0 aliphatic rings. The Morgan fingerprint density at radius 1 is 1.11 bits per heavy atom. The summed E-state index contributed by atoms with van der Waals surface area (Å²) in [7, 11) is -5.17. The first kappa shape index (κ1) is 11.0. The Balaban J connectivity index is 0. The topological polar surface area (TPSA) is 143 Å². The molecule has 0 fully saturated rings. The summed E-state index contributed by atoms with van der Waals surface area (Å²) in [5.41, 5.74) is 0. The zero-order chi connectivity index (χ0) is 8.08. The number of carboxylic acid groups (broad SMARTS) is 2. The molecule has 0 rings (SSSR count). The number of hydrogen-bond donors (Lipinski definition) is 0. The van der Waals surface area contributed by atoms with Crippen molar-refractivity contribution in [2.75, 3.05) is 0 Å². The van der Waals surface area contributed by atoms with E-state index in [9.17, 15) is 0 Å². The van der Waals surface area contributed by atoms with E-state index in [2.05, 4.69) is 0 Å². The third-order valence-electron chi connectivity index (χ3n) is 0. The Hall–Kier alpha value is -0.860. The van der Waals surface area contributed by atoms with Gasteiger partial charge in [-0.05, 0) is 6.16 Å². The van der Waals surface area contributed by atoms with Crippen LogP contribution in [0.1, 0.15) is 0 Å². The number of hydrogen-bond acceptors (Lipinski definition) is 7. The van der Waals surface area contributed by atoms with Crippen molar-refractivity contribution < 1.29 is 32.5 Å². The van der Waals surface area contributed by atoms with Gasteiger partial charge in [-0.2, -0.15) is 0 Å². The van der Waals surface area contributed by atoms with E-state index in [4.69, 9.17) is 32.5 Å². The second-order valence-corrected chi connectivity index (χ2v) is 1.47. The largest absolute Gasteiger partial charge is 0.759 e. The highest BCUT2D eigenvalue weighted by Gasteiger charge is 1.49. The smallest absolute Gasteiger partial charge is 0.0311 e. The molecule has 0 aliphatic heterocycles. The van der Waals surface area contributed by atoms with Crippen LogP contribution in [-0.4, -0.2) is 23.7 Å². The monoisotopic (exact) mass is 156 g/mol. The lowest BCUT2D eigenvalue weighted by Crippen LogP contribution is -2.37. The van der Waals surface area contributed by atoms with Crippen LogP contribution in [0.2, 0.25) is 0 Å². The number of carbonyl (C=O) groups is 1. The number of carbonyl (C=O) groups excluding carboxylic acids is 1. The van der Waals surface area contributed by atoms with E-state index in [1.165, 1.54) is 0 Å². The van der Waals surface area contributed by atoms with Gasteiger partial charge in [-0.25, -0.2) is 0 Å². The van der Waals surface area contributed by atoms with E-state index in [0.29, 0.717) is 0 Å². The predicted octanol–water partition coefficient (Wildman–Crippen LogP) is -3.78. The summed E-state index contributed by atoms with van der Waals surface area (Å²) in [6.45, 7) is 0. The summed E-state index contributed by atoms with van der Waals surface area (Å²) in [5.74, 6) is 0. The van der Waals surface area contributed by atoms with Gasteiger partial charge in [0.15, 0.2) is 0 Å². The average Bonchev–Trinajstić information content (AvgIpc) is 1.19. The molecule has 7 nitrogen and oxygen atoms in total. The predicted molar refractivity (Wildman–Crippen MR) is 15.9 cm³/mol. The molecule has 0 aromatic heterocycles. The van der Waals surface area contributed by atoms with Gasteiger partial charge in [-0.1, -0.05) is 0 Å². The van der Waals surface area contributed by atoms with Crippen LogP contribution in [-0.2, 0) is 10.4 Å². The van der Waals surface area contributed by atoms with Crippen LogP contribution in [0.4, 0.5) is 4.79 Å². The van der Waals surface area contributed by atoms with Gasteiger partial charge in [0.05, 0.1) is 0 Å². The Bertz CT molecular complexity index is 151. The first-order valence-corrected chi connectivity index (χ1v) is 2.61. The molecule has 0 aromatic rings. The molecule has 0 spiro atoms. The number of rotatable bonds is 0. The molecular weight excluding hydrogens is 156 g/mol. The van der Waals surface area contributed by atoms with Crippen LogP contribution >= 0.6 is 0 Å². The van der Waals surface area contributed by atoms with E-state index in [1.54, 1.807) is 0 Å². The second kappa shape index (κ2) is 4.06.